The van der Waals surface area contributed by atoms with Crippen LogP contribution in [0.1, 0.15) is 39.0 Å². The van der Waals surface area contributed by atoms with Crippen molar-refractivity contribution >= 4 is 5.91 Å². The lowest BCUT2D eigenvalue weighted by molar-refractivity contribution is -0.131. The third-order valence-electron chi connectivity index (χ3n) is 3.63. The number of rotatable bonds is 9. The Balaban J connectivity index is 2.33. The molecule has 1 aliphatic rings. The summed E-state index contributed by atoms with van der Waals surface area (Å²) in [6.07, 6.45) is 4.21. The number of hydrogen-bond acceptors (Lipinski definition) is 4. The van der Waals surface area contributed by atoms with E-state index in [1.807, 2.05) is 4.90 Å². The SMILES string of the molecule is CCCCCC(=O)N(CCC#N)CCN1CCOCC1. The summed E-state index contributed by atoms with van der Waals surface area (Å²) in [7, 11) is 0. The highest BCUT2D eigenvalue weighted by atomic mass is 16.5. The molecule has 1 fully saturated rings. The number of hydrogen-bond donors (Lipinski definition) is 0. The quantitative estimate of drug-likeness (QED) is 0.603. The second-order valence-corrected chi connectivity index (χ2v) is 5.20. The lowest BCUT2D eigenvalue weighted by Gasteiger charge is -2.30. The average molecular weight is 281 g/mol. The molecule has 0 N–H and O–H groups in total. The van der Waals surface area contributed by atoms with Crippen molar-refractivity contribution in [3.05, 3.63) is 0 Å². The van der Waals surface area contributed by atoms with E-state index < -0.39 is 0 Å². The fourth-order valence-corrected chi connectivity index (χ4v) is 2.32. The van der Waals surface area contributed by atoms with Crippen LogP contribution in [0.15, 0.2) is 0 Å². The normalized spacial score (nSPS) is 15.8. The monoisotopic (exact) mass is 281 g/mol. The van der Waals surface area contributed by atoms with Crippen molar-refractivity contribution < 1.29 is 9.53 Å². The van der Waals surface area contributed by atoms with Crippen LogP contribution < -0.4 is 0 Å². The topological polar surface area (TPSA) is 56.6 Å². The number of carbonyl (C=O) groups excluding carboxylic acids is 1. The average Bonchev–Trinajstić information content (AvgIpc) is 2.48. The molecular formula is C15H27N3O2. The molecule has 0 aromatic carbocycles. The minimum absolute atomic E-state index is 0.196. The zero-order valence-electron chi connectivity index (χ0n) is 12.6. The van der Waals surface area contributed by atoms with E-state index in [-0.39, 0.29) is 5.91 Å². The first-order chi connectivity index (χ1) is 9.77. The number of nitriles is 1. The second-order valence-electron chi connectivity index (χ2n) is 5.20. The molecule has 5 heteroatoms. The van der Waals surface area contributed by atoms with Crippen LogP contribution in [0.5, 0.6) is 0 Å². The van der Waals surface area contributed by atoms with Gasteiger partial charge in [-0.3, -0.25) is 9.69 Å². The number of morpholine rings is 1. The zero-order chi connectivity index (χ0) is 14.6. The molecule has 114 valence electrons. The van der Waals surface area contributed by atoms with E-state index in [0.29, 0.717) is 19.4 Å². The molecular weight excluding hydrogens is 254 g/mol. The Morgan fingerprint density at radius 3 is 2.70 bits per heavy atom. The van der Waals surface area contributed by atoms with Crippen LogP contribution in [-0.2, 0) is 9.53 Å². The molecule has 1 aliphatic heterocycles. The third-order valence-corrected chi connectivity index (χ3v) is 3.63. The standard InChI is InChI=1S/C15H27N3O2/c1-2-3-4-6-15(19)18(8-5-7-16)10-9-17-11-13-20-14-12-17/h2-6,8-14H2,1H3. The maximum Gasteiger partial charge on any atom is 0.222 e. The van der Waals surface area contributed by atoms with Gasteiger partial charge in [0.2, 0.25) is 5.91 Å². The molecule has 0 atom stereocenters. The van der Waals surface area contributed by atoms with Gasteiger partial charge in [-0.05, 0) is 6.42 Å². The molecule has 20 heavy (non-hydrogen) atoms. The summed E-state index contributed by atoms with van der Waals surface area (Å²) in [4.78, 5) is 16.3. The summed E-state index contributed by atoms with van der Waals surface area (Å²) in [5.41, 5.74) is 0. The van der Waals surface area contributed by atoms with Crippen LogP contribution in [0.25, 0.3) is 0 Å². The Morgan fingerprint density at radius 2 is 2.05 bits per heavy atom. The number of unbranched alkanes of at least 4 members (excludes halogenated alkanes) is 2. The molecule has 1 rings (SSSR count). The summed E-state index contributed by atoms with van der Waals surface area (Å²) in [6, 6.07) is 2.13. The number of ether oxygens (including phenoxy) is 1. The van der Waals surface area contributed by atoms with Gasteiger partial charge in [0.15, 0.2) is 0 Å². The van der Waals surface area contributed by atoms with Crippen molar-refractivity contribution in [3.63, 3.8) is 0 Å². The summed E-state index contributed by atoms with van der Waals surface area (Å²) < 4.78 is 5.32. The van der Waals surface area contributed by atoms with Crippen molar-refractivity contribution in [2.75, 3.05) is 45.9 Å². The molecule has 1 heterocycles. The maximum absolute atomic E-state index is 12.2. The summed E-state index contributed by atoms with van der Waals surface area (Å²) >= 11 is 0. The minimum Gasteiger partial charge on any atom is -0.379 e. The predicted molar refractivity (Wildman–Crippen MR) is 78.2 cm³/mol. The molecule has 1 amide bonds. The van der Waals surface area contributed by atoms with Gasteiger partial charge >= 0.3 is 0 Å². The van der Waals surface area contributed by atoms with E-state index in [2.05, 4.69) is 17.9 Å². The van der Waals surface area contributed by atoms with Crippen molar-refractivity contribution in [1.82, 2.24) is 9.80 Å². The molecule has 0 radical (unpaired) electrons. The molecule has 0 aliphatic carbocycles. The Labute approximate surface area is 122 Å². The first kappa shape index (κ1) is 16.9. The molecule has 0 bridgehead atoms. The van der Waals surface area contributed by atoms with Crippen LogP contribution >= 0.6 is 0 Å². The second kappa shape index (κ2) is 10.6. The predicted octanol–water partition coefficient (Wildman–Crippen LogP) is 1.64. The van der Waals surface area contributed by atoms with Gasteiger partial charge in [0.05, 0.1) is 25.7 Å². The van der Waals surface area contributed by atoms with Gasteiger partial charge in [-0.15, -0.1) is 0 Å². The van der Waals surface area contributed by atoms with E-state index in [9.17, 15) is 4.79 Å². The lowest BCUT2D eigenvalue weighted by Crippen LogP contribution is -2.43. The highest BCUT2D eigenvalue weighted by molar-refractivity contribution is 5.76. The molecule has 0 aromatic heterocycles. The van der Waals surface area contributed by atoms with Gasteiger partial charge < -0.3 is 9.64 Å². The van der Waals surface area contributed by atoms with Gasteiger partial charge in [-0.1, -0.05) is 19.8 Å². The van der Waals surface area contributed by atoms with E-state index in [4.69, 9.17) is 10.00 Å². The van der Waals surface area contributed by atoms with Crippen LogP contribution in [0.3, 0.4) is 0 Å². The summed E-state index contributed by atoms with van der Waals surface area (Å²) in [5.74, 6) is 0.196. The van der Waals surface area contributed by atoms with Gasteiger partial charge in [0.25, 0.3) is 0 Å². The first-order valence-corrected chi connectivity index (χ1v) is 7.72. The van der Waals surface area contributed by atoms with Crippen LogP contribution in [0.4, 0.5) is 0 Å². The highest BCUT2D eigenvalue weighted by Gasteiger charge is 2.16. The van der Waals surface area contributed by atoms with Gasteiger partial charge in [-0.25, -0.2) is 0 Å². The molecule has 0 aromatic rings. The number of nitrogens with zero attached hydrogens (tertiary/aromatic N) is 3. The Bertz CT molecular complexity index is 309. The van der Waals surface area contributed by atoms with Crippen LogP contribution in [-0.4, -0.2) is 61.6 Å². The van der Waals surface area contributed by atoms with Crippen molar-refractivity contribution in [2.24, 2.45) is 0 Å². The molecule has 0 saturated carbocycles. The van der Waals surface area contributed by atoms with Crippen molar-refractivity contribution in [2.45, 2.75) is 39.0 Å². The number of amides is 1. The van der Waals surface area contributed by atoms with E-state index in [1.165, 1.54) is 0 Å². The fourth-order valence-electron chi connectivity index (χ4n) is 2.32. The largest absolute Gasteiger partial charge is 0.379 e. The maximum atomic E-state index is 12.2. The minimum atomic E-state index is 0.196. The van der Waals surface area contributed by atoms with Crippen molar-refractivity contribution in [1.29, 1.82) is 5.26 Å². The fraction of sp³-hybridized carbons (Fsp3) is 0.867. The van der Waals surface area contributed by atoms with Crippen LogP contribution in [0, 0.1) is 11.3 Å². The van der Waals surface area contributed by atoms with Gasteiger partial charge in [0.1, 0.15) is 0 Å². The third kappa shape index (κ3) is 6.88. The Hall–Kier alpha value is -1.12. The van der Waals surface area contributed by atoms with Crippen molar-refractivity contribution in [3.8, 4) is 6.07 Å². The first-order valence-electron chi connectivity index (χ1n) is 7.72. The Morgan fingerprint density at radius 1 is 1.30 bits per heavy atom. The van der Waals surface area contributed by atoms with Gasteiger partial charge in [-0.2, -0.15) is 5.26 Å². The molecule has 0 unspecified atom stereocenters. The van der Waals surface area contributed by atoms with E-state index >= 15 is 0 Å². The molecule has 5 nitrogen and oxygen atoms in total. The van der Waals surface area contributed by atoms with Crippen LogP contribution in [0.2, 0.25) is 0 Å². The summed E-state index contributed by atoms with van der Waals surface area (Å²) in [6.45, 7) is 7.75. The van der Waals surface area contributed by atoms with Gasteiger partial charge in [0, 0.05) is 39.1 Å². The molecule has 0 spiro atoms. The molecule has 1 saturated heterocycles. The zero-order valence-corrected chi connectivity index (χ0v) is 12.6. The Kier molecular flexibility index (Phi) is 9.01. The highest BCUT2D eigenvalue weighted by Crippen LogP contribution is 2.05. The lowest BCUT2D eigenvalue weighted by atomic mass is 10.2. The number of carbonyl (C=O) groups is 1. The van der Waals surface area contributed by atoms with E-state index in [1.54, 1.807) is 0 Å². The van der Waals surface area contributed by atoms with E-state index in [0.717, 1.165) is 58.7 Å². The smallest absolute Gasteiger partial charge is 0.222 e. The summed E-state index contributed by atoms with van der Waals surface area (Å²) in [5, 5.41) is 8.71.